The Bertz CT molecular complexity index is 2320. The summed E-state index contributed by atoms with van der Waals surface area (Å²) in [5.41, 5.74) is 1.53. The predicted octanol–water partition coefficient (Wildman–Crippen LogP) is 6.26. The van der Waals surface area contributed by atoms with Crippen LogP contribution < -0.4 is 39.4 Å². The Kier molecular flexibility index (Phi) is 23.5. The molecule has 0 saturated carbocycles. The highest BCUT2D eigenvalue weighted by atomic mass is 35.5. The number of carbonyl (C=O) groups excluding carboxylic acids is 4. The number of nitrogens with one attached hydrogen (secondary N) is 2. The highest BCUT2D eigenvalue weighted by Crippen LogP contribution is 2.39. The van der Waals surface area contributed by atoms with Gasteiger partial charge in [-0.1, -0.05) is 23.2 Å². The Morgan fingerprint density at radius 2 is 1.01 bits per heavy atom. The molecule has 73 heavy (non-hydrogen) atoms. The number of likely N-dealkylation sites (N-methyl/N-ethyl adjacent to an activating group) is 2. The third-order valence-corrected chi connectivity index (χ3v) is 13.1. The van der Waals surface area contributed by atoms with E-state index in [-0.39, 0.29) is 103 Å². The molecule has 17 nitrogen and oxygen atoms in total. The fourth-order valence-electron chi connectivity index (χ4n) is 8.71. The van der Waals surface area contributed by atoms with Crippen LogP contribution in [0, 0.1) is 11.6 Å². The predicted molar refractivity (Wildman–Crippen MR) is 278 cm³/mol. The van der Waals surface area contributed by atoms with Crippen molar-refractivity contribution in [1.82, 2.24) is 20.4 Å². The van der Waals surface area contributed by atoms with E-state index in [4.69, 9.17) is 51.6 Å². The first-order valence-electron chi connectivity index (χ1n) is 23.1. The molecule has 8 rings (SSSR count). The van der Waals surface area contributed by atoms with E-state index >= 15 is 0 Å². The first-order valence-corrected chi connectivity index (χ1v) is 23.8. The molecule has 0 bridgehead atoms. The lowest BCUT2D eigenvalue weighted by molar-refractivity contribution is -0.121. The van der Waals surface area contributed by atoms with Crippen LogP contribution >= 0.6 is 48.0 Å². The second kappa shape index (κ2) is 28.5. The number of amides is 4. The summed E-state index contributed by atoms with van der Waals surface area (Å²) >= 11 is 12.5. The number of halogens is 6. The van der Waals surface area contributed by atoms with Crippen LogP contribution in [0.3, 0.4) is 0 Å². The number of carbonyl (C=O) groups is 4. The average Bonchev–Trinajstić information content (AvgIpc) is 3.35. The Hall–Kier alpha value is -5.22. The fraction of sp³-hybridized carbons (Fsp3) is 0.440. The van der Waals surface area contributed by atoms with Crippen molar-refractivity contribution in [3.8, 4) is 23.0 Å². The van der Waals surface area contributed by atoms with E-state index in [0.717, 1.165) is 39.0 Å². The molecule has 4 amide bonds. The molecule has 0 aliphatic carbocycles. The number of rotatable bonds is 16. The molecule has 4 atom stereocenters. The van der Waals surface area contributed by atoms with Gasteiger partial charge in [0.05, 0.1) is 60.0 Å². The van der Waals surface area contributed by atoms with Crippen molar-refractivity contribution in [2.24, 2.45) is 0 Å². The van der Waals surface area contributed by atoms with Crippen LogP contribution in [0.2, 0.25) is 10.0 Å². The second-order valence-electron chi connectivity index (χ2n) is 17.3. The van der Waals surface area contributed by atoms with Gasteiger partial charge in [0.2, 0.25) is 0 Å². The maximum absolute atomic E-state index is 13.2. The molecule has 4 aliphatic rings. The number of fused-ring (bicyclic) bond motifs is 2. The Labute approximate surface area is 445 Å². The lowest BCUT2D eigenvalue weighted by Gasteiger charge is -2.38. The van der Waals surface area contributed by atoms with Gasteiger partial charge in [0.15, 0.2) is 24.7 Å². The summed E-state index contributed by atoms with van der Waals surface area (Å²) < 4.78 is 59.9. The minimum Gasteiger partial charge on any atom is -0.494 e. The van der Waals surface area contributed by atoms with Crippen molar-refractivity contribution < 1.29 is 61.9 Å². The van der Waals surface area contributed by atoms with Crippen LogP contribution in [-0.2, 0) is 19.1 Å². The SMILES string of the molecule is COC1CN(CCCOc2ccc(F)cc2)CCC1NC(=O)c1cc(Cl)cc2c1OCC(=O)N2C.COC1CN(CCCOc2ccc(F)cc2)CCC1NC(=O)c1cc(Cl)cc2c1OCC(=O)N2C.Cl.Cl.O. The molecule has 4 unspecified atom stereocenters. The van der Waals surface area contributed by atoms with E-state index in [0.29, 0.717) is 94.7 Å². The lowest BCUT2D eigenvalue weighted by Crippen LogP contribution is -2.55. The number of hydrogen-bond donors (Lipinski definition) is 2. The number of benzene rings is 4. The van der Waals surface area contributed by atoms with E-state index in [1.54, 1.807) is 76.8 Å². The summed E-state index contributed by atoms with van der Waals surface area (Å²) in [7, 11) is 6.53. The van der Waals surface area contributed by atoms with Crippen LogP contribution in [0.4, 0.5) is 20.2 Å². The Morgan fingerprint density at radius 1 is 0.644 bits per heavy atom. The third kappa shape index (κ3) is 15.9. The van der Waals surface area contributed by atoms with Crippen LogP contribution in [0.25, 0.3) is 0 Å². The van der Waals surface area contributed by atoms with Gasteiger partial charge < -0.3 is 64.1 Å². The summed E-state index contributed by atoms with van der Waals surface area (Å²) in [6.07, 6.45) is 2.67. The van der Waals surface area contributed by atoms with Crippen molar-refractivity contribution >= 4 is 83.0 Å². The number of nitrogens with zero attached hydrogens (tertiary/aromatic N) is 4. The summed E-state index contributed by atoms with van der Waals surface area (Å²) in [6, 6.07) is 17.9. The zero-order valence-electron chi connectivity index (χ0n) is 40.8. The van der Waals surface area contributed by atoms with E-state index in [1.807, 2.05) is 0 Å². The third-order valence-electron chi connectivity index (χ3n) is 12.6. The number of likely N-dealkylation sites (tertiary alicyclic amines) is 2. The molecule has 0 radical (unpaired) electrons. The van der Waals surface area contributed by atoms with Gasteiger partial charge in [-0.2, -0.15) is 0 Å². The van der Waals surface area contributed by atoms with E-state index in [2.05, 4.69) is 20.4 Å². The zero-order chi connectivity index (χ0) is 49.9. The largest absolute Gasteiger partial charge is 0.494 e. The molecule has 4 N–H and O–H groups in total. The van der Waals surface area contributed by atoms with Crippen molar-refractivity contribution in [3.05, 3.63) is 106 Å². The molecule has 4 aliphatic heterocycles. The number of anilines is 2. The van der Waals surface area contributed by atoms with E-state index in [9.17, 15) is 28.0 Å². The minimum absolute atomic E-state index is 0. The van der Waals surface area contributed by atoms with Gasteiger partial charge >= 0.3 is 0 Å². The number of methoxy groups -OCH3 is 2. The van der Waals surface area contributed by atoms with Gasteiger partial charge in [0.1, 0.15) is 23.1 Å². The summed E-state index contributed by atoms with van der Waals surface area (Å²) in [6.45, 7) is 5.35. The molecule has 400 valence electrons. The van der Waals surface area contributed by atoms with Gasteiger partial charge in [-0.25, -0.2) is 8.78 Å². The van der Waals surface area contributed by atoms with Crippen molar-refractivity contribution in [2.45, 2.75) is 50.0 Å². The molecule has 0 aromatic heterocycles. The fourth-order valence-corrected chi connectivity index (χ4v) is 9.14. The first kappa shape index (κ1) is 60.3. The topological polar surface area (TPSA) is 192 Å². The zero-order valence-corrected chi connectivity index (χ0v) is 44.0. The smallest absolute Gasteiger partial charge is 0.264 e. The number of ether oxygens (including phenoxy) is 6. The normalized spacial score (nSPS) is 19.4. The average molecular weight is 1100 g/mol. The van der Waals surface area contributed by atoms with E-state index in [1.165, 1.54) is 34.1 Å². The van der Waals surface area contributed by atoms with Gasteiger partial charge in [-0.15, -0.1) is 24.8 Å². The standard InChI is InChI=1S/2C25H29ClFN3O5.2ClH.H2O/c2*1-29-21-13-16(26)12-19(24(21)35-15-23(29)31)25(32)28-20-8-10-30(14-22(20)33-2)9-3-11-34-18-6-4-17(27)5-7-18;;;/h2*4-7,12-13,20,22H,3,8-11,14-15H2,1-2H3,(H,28,32);2*1H;1H2. The maximum Gasteiger partial charge on any atom is 0.264 e. The Balaban J connectivity index is 0.000000304. The minimum atomic E-state index is -0.320. The van der Waals surface area contributed by atoms with Gasteiger partial charge in [-0.3, -0.25) is 19.2 Å². The van der Waals surface area contributed by atoms with Crippen molar-refractivity contribution in [3.63, 3.8) is 0 Å². The van der Waals surface area contributed by atoms with Gasteiger partial charge in [0, 0.05) is 77.6 Å². The molecule has 23 heteroatoms. The summed E-state index contributed by atoms with van der Waals surface area (Å²) in [5, 5.41) is 6.83. The van der Waals surface area contributed by atoms with Crippen LogP contribution in [-0.4, -0.2) is 157 Å². The van der Waals surface area contributed by atoms with Gasteiger partial charge in [0.25, 0.3) is 23.6 Å². The molecule has 2 saturated heterocycles. The lowest BCUT2D eigenvalue weighted by atomic mass is 10.0. The highest BCUT2D eigenvalue weighted by molar-refractivity contribution is 6.32. The van der Waals surface area contributed by atoms with Gasteiger partial charge in [-0.05, 0) is 98.5 Å². The molecule has 4 aromatic rings. The molecular formula is C50H62Cl4F2N6O11. The van der Waals surface area contributed by atoms with Crippen LogP contribution in [0.1, 0.15) is 46.4 Å². The van der Waals surface area contributed by atoms with Crippen molar-refractivity contribution in [1.29, 1.82) is 0 Å². The van der Waals surface area contributed by atoms with Crippen LogP contribution in [0.15, 0.2) is 72.8 Å². The van der Waals surface area contributed by atoms with E-state index < -0.39 is 0 Å². The first-order chi connectivity index (χ1) is 33.7. The second-order valence-corrected chi connectivity index (χ2v) is 18.2. The molecule has 2 fully saturated rings. The molecule has 4 heterocycles. The summed E-state index contributed by atoms with van der Waals surface area (Å²) in [4.78, 5) is 57.7. The molecule has 0 spiro atoms. The number of hydrogen-bond acceptors (Lipinski definition) is 12. The number of piperidine rings is 2. The molecule has 4 aromatic carbocycles. The van der Waals surface area contributed by atoms with Crippen molar-refractivity contribution in [2.75, 3.05) is 104 Å². The monoisotopic (exact) mass is 1100 g/mol. The molecular weight excluding hydrogens is 1040 g/mol. The summed E-state index contributed by atoms with van der Waals surface area (Å²) in [5.74, 6) is 0.353. The maximum atomic E-state index is 13.2. The Morgan fingerprint density at radius 3 is 1.37 bits per heavy atom. The quantitative estimate of drug-likeness (QED) is 0.120. The highest BCUT2D eigenvalue weighted by Gasteiger charge is 2.35. The van der Waals surface area contributed by atoms with Crippen LogP contribution in [0.5, 0.6) is 23.0 Å².